The Morgan fingerprint density at radius 3 is 1.38 bits per heavy atom. The number of benzene rings is 4. The van der Waals surface area contributed by atoms with Gasteiger partial charge in [-0.3, -0.25) is 27.8 Å². The summed E-state index contributed by atoms with van der Waals surface area (Å²) in [5, 5.41) is 36.2. The molecule has 0 spiro atoms. The number of nitrogens with zero attached hydrogens (tertiary/aromatic N) is 14. The van der Waals surface area contributed by atoms with E-state index in [1.54, 1.807) is 36.4 Å². The number of amides is 4. The Morgan fingerprint density at radius 2 is 0.957 bits per heavy atom. The third kappa shape index (κ3) is 23.7. The maximum atomic E-state index is 13.1. The zero-order valence-corrected chi connectivity index (χ0v) is 79.9. The number of hydrogen-bond donors (Lipinski definition) is 14. The highest BCUT2D eigenvalue weighted by atomic mass is 32.2. The first kappa shape index (κ1) is 102. The number of nitrogens with two attached hydrogens (primary N) is 2. The van der Waals surface area contributed by atoms with E-state index in [9.17, 15) is 83.4 Å². The number of nitrogen functional groups attached to an aromatic ring is 2. The normalized spacial score (nSPS) is 21.4. The van der Waals surface area contributed by atoms with E-state index >= 15 is 0 Å². The molecule has 0 radical (unpaired) electrons. The average Bonchev–Trinajstić information content (AvgIpc) is 1.16. The minimum absolute atomic E-state index is 0.00147. The summed E-state index contributed by atoms with van der Waals surface area (Å²) in [5.74, 6) is -0.123. The van der Waals surface area contributed by atoms with Gasteiger partial charge in [0.15, 0.2) is 70.6 Å². The van der Waals surface area contributed by atoms with Crippen LogP contribution in [0.1, 0.15) is 115 Å². The van der Waals surface area contributed by atoms with Gasteiger partial charge < -0.3 is 120 Å². The summed E-state index contributed by atoms with van der Waals surface area (Å²) >= 11 is 0. The Bertz CT molecular complexity index is 6960. The highest BCUT2D eigenvalue weighted by Crippen LogP contribution is 2.60. The number of phosphoric ester groups is 2. The number of alkyl carbamates (subject to hydrolysis) is 2. The number of aromatic nitrogens is 8. The lowest BCUT2D eigenvalue weighted by molar-refractivity contribution is -0.121. The third-order valence-electron chi connectivity index (χ3n) is 23.6. The van der Waals surface area contributed by atoms with Gasteiger partial charge in [-0.1, -0.05) is 12.2 Å². The van der Waals surface area contributed by atoms with Crippen molar-refractivity contribution in [2.45, 2.75) is 153 Å². The van der Waals surface area contributed by atoms with E-state index in [1.807, 2.05) is 61.8 Å². The molecule has 4 aromatic heterocycles. The molecule has 16 N–H and O–H groups in total. The van der Waals surface area contributed by atoms with Gasteiger partial charge >= 0.3 is 43.5 Å². The zero-order chi connectivity index (χ0) is 99.3. The standard InChI is InChI=1S/2C40H50N10O16P2S/c1-4-48-11-5-7-22-13-25-29(15-27(22)48)63-30-16-28-24(14-26(30)47-25)23(19-69(59,60)61)17-40(2,3)50(28)12-6-8-32(51)42-9-10-43-39(53)65-35-31(18-62-68(57,58)66-67(54,55)56)64-38(34(35)52)49-21-46-33-36(41)44-20-45-37(33)49;1-4-48-11-5-7-22-13-25-29(15-27(22)48)63-30-16-28-24(14-26(30)47-25)23(19-69(59,60)61)17-40(2,3)50(28)12-6-8-32(51)42-9-10-43-39(53)65-35-34(52)31(18-62-68(57,58)66-67(54,55)56)64-38(35)49-21-46-33-36(41)44-20-45-37(33)49/h2*13-17,20-21,31,34-35,38,52H,4-12,18-19H2,1-3H3,(H7-,41,42,43,44,45,51,53,54,55,56,57,58,59,60,61)/t2*31-,34-,35-,38-/m11/s1. The number of fused-ring (bicyclic) bond motifs is 10. The van der Waals surface area contributed by atoms with Crippen LogP contribution in [0.5, 0.6) is 23.0 Å². The number of rotatable bonds is 34. The molecule has 0 saturated carbocycles. The van der Waals surface area contributed by atoms with Crippen LogP contribution in [0, 0.1) is 0 Å². The van der Waals surface area contributed by atoms with Crippen molar-refractivity contribution >= 4 is 143 Å². The zero-order valence-electron chi connectivity index (χ0n) is 74.7. The maximum Gasteiger partial charge on any atom is 0.481 e. The summed E-state index contributed by atoms with van der Waals surface area (Å²) in [7, 11) is -31.1. The number of aliphatic hydroxyl groups is 2. The van der Waals surface area contributed by atoms with Crippen molar-refractivity contribution in [1.29, 1.82) is 0 Å². The molecule has 0 bridgehead atoms. The van der Waals surface area contributed by atoms with Crippen LogP contribution in [-0.2, 0) is 97.5 Å². The predicted octanol–water partition coefficient (Wildman–Crippen LogP) is 1.25. The summed E-state index contributed by atoms with van der Waals surface area (Å²) in [6.07, 6.45) is -2.04. The smallest absolute Gasteiger partial charge is 0.481 e. The van der Waals surface area contributed by atoms with Crippen LogP contribution in [0.2, 0.25) is 0 Å². The number of ether oxygens (including phenoxy) is 6. The Balaban J connectivity index is 0.000000209. The maximum absolute atomic E-state index is 13.1. The summed E-state index contributed by atoms with van der Waals surface area (Å²) in [5.41, 5.74) is 16.8. The van der Waals surface area contributed by atoms with E-state index in [0.717, 1.165) is 80.8 Å². The van der Waals surface area contributed by atoms with Crippen LogP contribution in [0.15, 0.2) is 96.0 Å². The highest BCUT2D eigenvalue weighted by Gasteiger charge is 2.52. The molecule has 2 saturated heterocycles. The highest BCUT2D eigenvalue weighted by molar-refractivity contribution is 7.86. The van der Waals surface area contributed by atoms with Crippen molar-refractivity contribution in [3.05, 3.63) is 130 Å². The number of carbonyl (C=O) groups is 4. The van der Waals surface area contributed by atoms with E-state index in [2.05, 4.69) is 87.3 Å². The Morgan fingerprint density at radius 1 is 0.543 bits per heavy atom. The van der Waals surface area contributed by atoms with Crippen molar-refractivity contribution in [2.75, 3.05) is 111 Å². The quantitative estimate of drug-likeness (QED) is 0.0117. The Kier molecular flexibility index (Phi) is 29.7. The molecule has 12 heterocycles. The van der Waals surface area contributed by atoms with Crippen LogP contribution in [0.3, 0.4) is 0 Å². The van der Waals surface area contributed by atoms with Gasteiger partial charge in [0, 0.05) is 111 Å². The predicted molar refractivity (Wildman–Crippen MR) is 483 cm³/mol. The SMILES string of the molecule is CC[N+]1=c2cc3c(cc2CCC1)=Nc1cc2c(cc1O3)N(CCCC(=O)NCCNC(=O)O[C@@H]1[C@H](O)[C@@H](COP(=O)(O)OP(=O)(O)O)O[C@H]1n1cnc3c(N)ncnc31)C(C)(C)C=C2CS(=O)(=O)[O-].CC[N+]1=c2cc3c(cc2CCC1)=Nc1cc2c(cc1O3)N(CCCC(=O)NCCNC(=O)O[C@H]1[C@@H](O)[C@H](n3cnc4c(N)ncnc43)O[C@@H]1COP(=O)(O)OP(=O)(O)O)C(C)(C)C=C2CS(=O)(=O)[O-]. The van der Waals surface area contributed by atoms with Gasteiger partial charge in [0.1, 0.15) is 96.4 Å². The largest absolute Gasteiger partial charge is 0.748 e. The molecule has 58 heteroatoms. The number of phosphoric acid groups is 4. The fraction of sp³-hybridized carbons (Fsp3) is 0.475. The molecule has 2 unspecified atom stereocenters. The summed E-state index contributed by atoms with van der Waals surface area (Å²) in [6, 6.07) is 15.1. The van der Waals surface area contributed by atoms with Crippen molar-refractivity contribution in [3.8, 4) is 23.0 Å². The lowest BCUT2D eigenvalue weighted by Crippen LogP contribution is -2.46. The third-order valence-corrected chi connectivity index (χ3v) is 29.3. The van der Waals surface area contributed by atoms with Crippen LogP contribution in [0.4, 0.5) is 44.0 Å². The molecular weight excluding hydrogens is 1940 g/mol. The van der Waals surface area contributed by atoms with E-state index in [-0.39, 0.29) is 84.8 Å². The second-order valence-corrected chi connectivity index (χ2v) is 42.6. The van der Waals surface area contributed by atoms with Gasteiger partial charge in [-0.25, -0.2) is 93.7 Å². The molecule has 0 aliphatic carbocycles. The molecule has 8 aliphatic heterocycles. The summed E-state index contributed by atoms with van der Waals surface area (Å²) in [6.45, 7) is 13.5. The van der Waals surface area contributed by atoms with E-state index in [1.165, 1.54) is 27.4 Å². The fourth-order valence-electron chi connectivity index (χ4n) is 17.7. The van der Waals surface area contributed by atoms with Gasteiger partial charge in [-0.05, 0) is 103 Å². The average molecular weight is 2040 g/mol. The first-order valence-electron chi connectivity index (χ1n) is 43.3. The lowest BCUT2D eigenvalue weighted by atomic mass is 9.88. The van der Waals surface area contributed by atoms with E-state index in [0.29, 0.717) is 105 Å². The minimum atomic E-state index is -5.49. The van der Waals surface area contributed by atoms with Crippen LogP contribution >= 0.6 is 31.3 Å². The molecule has 8 aromatic rings. The number of carbonyl (C=O) groups excluding carboxylic acids is 4. The second-order valence-electron chi connectivity index (χ2n) is 34.2. The molecule has 4 aromatic carbocycles. The molecule has 138 heavy (non-hydrogen) atoms. The van der Waals surface area contributed by atoms with Gasteiger partial charge in [0.05, 0.1) is 80.8 Å². The number of aryl methyl sites for hydroxylation is 2. The van der Waals surface area contributed by atoms with Crippen molar-refractivity contribution < 1.29 is 149 Å². The monoisotopic (exact) mass is 2040 g/mol. The summed E-state index contributed by atoms with van der Waals surface area (Å²) < 4.78 is 179. The van der Waals surface area contributed by atoms with Crippen LogP contribution in [-0.4, -0.2) is 266 Å². The molecule has 4 amide bonds. The van der Waals surface area contributed by atoms with Crippen LogP contribution < -0.4 is 82.6 Å². The van der Waals surface area contributed by atoms with Crippen molar-refractivity contribution in [2.24, 2.45) is 9.98 Å². The first-order chi connectivity index (χ1) is 65.0. The second kappa shape index (κ2) is 40.4. The molecule has 744 valence electrons. The summed E-state index contributed by atoms with van der Waals surface area (Å²) in [4.78, 5) is 146. The molecule has 10 atom stereocenters. The fourth-order valence-corrected chi connectivity index (χ4v) is 22.2. The molecule has 52 nitrogen and oxygen atoms in total. The number of imidazole rings is 2. The molecule has 2 fully saturated rings. The van der Waals surface area contributed by atoms with Gasteiger partial charge in [-0.15, -0.1) is 0 Å². The Hall–Kier alpha value is -10.9. The lowest BCUT2D eigenvalue weighted by Gasteiger charge is -2.44. The number of nitrogens with one attached hydrogen (secondary N) is 4. The number of aliphatic hydroxyl groups excluding tert-OH is 2. The van der Waals surface area contributed by atoms with Gasteiger partial charge in [-0.2, -0.15) is 8.62 Å². The topological polar surface area (TPSA) is 730 Å². The first-order valence-corrected chi connectivity index (χ1v) is 52.5. The van der Waals surface area contributed by atoms with Crippen molar-refractivity contribution in [1.82, 2.24) is 69.5 Å². The van der Waals surface area contributed by atoms with E-state index < -0.39 is 149 Å². The Labute approximate surface area is 785 Å². The number of hydrogen-bond acceptors (Lipinski definition) is 38. The molecule has 8 aliphatic rings. The van der Waals surface area contributed by atoms with Gasteiger partial charge in [0.2, 0.25) is 22.5 Å². The van der Waals surface area contributed by atoms with Crippen molar-refractivity contribution in [3.63, 3.8) is 0 Å². The van der Waals surface area contributed by atoms with E-state index in [4.69, 9.17) is 74.0 Å². The van der Waals surface area contributed by atoms with Crippen LogP contribution in [0.25, 0.3) is 33.5 Å². The molecular formula is C80H100N20O32P4S2. The molecule has 16 rings (SSSR count). The number of anilines is 4. The minimum Gasteiger partial charge on any atom is -0.748 e. The van der Waals surface area contributed by atoms with Gasteiger partial charge in [0.25, 0.3) is 0 Å².